The number of hydrogen-bond acceptors (Lipinski definition) is 6. The third-order valence-electron chi connectivity index (χ3n) is 8.12. The molecule has 1 aromatic heterocycles. The second kappa shape index (κ2) is 13.6. The molecule has 7 nitrogen and oxygen atoms in total. The molecule has 5 rings (SSSR count). The first-order valence-corrected chi connectivity index (χ1v) is 14.8. The van der Waals surface area contributed by atoms with Gasteiger partial charge in [0.15, 0.2) is 0 Å². The Morgan fingerprint density at radius 1 is 1.10 bits per heavy atom. The minimum absolute atomic E-state index is 0.0879. The quantitative estimate of drug-likeness (QED) is 0.149. The Labute approximate surface area is 252 Å². The molecule has 0 bridgehead atoms. The number of aryl methyl sites for hydroxylation is 1. The molecule has 0 spiro atoms. The number of halogens is 1. The molecule has 42 heavy (non-hydrogen) atoms. The number of benzene rings is 3. The maximum atomic E-state index is 11.0. The van der Waals surface area contributed by atoms with E-state index in [4.69, 9.17) is 31.4 Å². The van der Waals surface area contributed by atoms with Crippen LogP contribution >= 0.6 is 11.6 Å². The molecule has 2 unspecified atom stereocenters. The average molecular weight is 585 g/mol. The van der Waals surface area contributed by atoms with Crippen LogP contribution in [0.2, 0.25) is 5.02 Å². The first-order chi connectivity index (χ1) is 20.4. The molecule has 0 saturated carbocycles. The number of aromatic nitrogens is 2. The Morgan fingerprint density at radius 3 is 2.60 bits per heavy atom. The summed E-state index contributed by atoms with van der Waals surface area (Å²) in [6, 6.07) is 24.4. The smallest absolute Gasteiger partial charge is 0.303 e. The fraction of sp³-hybridized carbons (Fsp3) is 0.353. The van der Waals surface area contributed by atoms with E-state index in [1.165, 1.54) is 5.56 Å². The lowest BCUT2D eigenvalue weighted by Gasteiger charge is -2.30. The van der Waals surface area contributed by atoms with Crippen LogP contribution in [0, 0.1) is 0 Å². The molecule has 8 heteroatoms. The topological polar surface area (TPSA) is 87.9 Å². The van der Waals surface area contributed by atoms with Gasteiger partial charge in [0, 0.05) is 62.3 Å². The summed E-state index contributed by atoms with van der Waals surface area (Å²) in [7, 11) is 3.62. The predicted octanol–water partition coefficient (Wildman–Crippen LogP) is 6.61. The van der Waals surface area contributed by atoms with Gasteiger partial charge in [0.2, 0.25) is 0 Å². The number of fused-ring (bicyclic) bond motifs is 1. The molecule has 2 heterocycles. The van der Waals surface area contributed by atoms with Crippen LogP contribution in [0.25, 0.3) is 22.3 Å². The summed E-state index contributed by atoms with van der Waals surface area (Å²) in [5.74, 6) is -0.782. The van der Waals surface area contributed by atoms with E-state index in [1.807, 2.05) is 43.4 Å². The maximum absolute atomic E-state index is 11.0. The van der Waals surface area contributed by atoms with E-state index in [9.17, 15) is 4.79 Å². The van der Waals surface area contributed by atoms with Crippen molar-refractivity contribution in [3.63, 3.8) is 0 Å². The molecule has 4 aromatic rings. The summed E-state index contributed by atoms with van der Waals surface area (Å²) >= 11 is 6.13. The number of aliphatic carboxylic acids is 1. The van der Waals surface area contributed by atoms with Crippen molar-refractivity contribution in [2.75, 3.05) is 27.2 Å². The summed E-state index contributed by atoms with van der Waals surface area (Å²) < 4.78 is 6.04. The highest BCUT2D eigenvalue weighted by Gasteiger charge is 2.40. The molecule has 1 aliphatic rings. The van der Waals surface area contributed by atoms with Gasteiger partial charge in [-0.1, -0.05) is 60.1 Å². The zero-order chi connectivity index (χ0) is 29.5. The van der Waals surface area contributed by atoms with E-state index < -0.39 is 5.97 Å². The van der Waals surface area contributed by atoms with Gasteiger partial charge in [-0.3, -0.25) is 14.7 Å². The number of ether oxygens (including phenoxy) is 1. The molecule has 0 radical (unpaired) electrons. The first kappa shape index (κ1) is 29.8. The number of carboxylic acid groups (broad SMARTS) is 1. The summed E-state index contributed by atoms with van der Waals surface area (Å²) in [6.07, 6.45) is 5.81. The van der Waals surface area contributed by atoms with Gasteiger partial charge in [-0.05, 0) is 61.1 Å². The van der Waals surface area contributed by atoms with E-state index in [-0.39, 0.29) is 18.1 Å². The minimum atomic E-state index is -0.782. The molecule has 3 aromatic carbocycles. The third-order valence-corrected chi connectivity index (χ3v) is 8.37. The van der Waals surface area contributed by atoms with E-state index in [1.54, 1.807) is 7.11 Å². The molecule has 2 atom stereocenters. The zero-order valence-corrected chi connectivity index (χ0v) is 24.9. The van der Waals surface area contributed by atoms with Crippen LogP contribution in [0.5, 0.6) is 0 Å². The highest BCUT2D eigenvalue weighted by molar-refractivity contribution is 6.30. The monoisotopic (exact) mass is 584 g/mol. The second-order valence-corrected chi connectivity index (χ2v) is 11.4. The van der Waals surface area contributed by atoms with Gasteiger partial charge in [0.25, 0.3) is 0 Å². The highest BCUT2D eigenvalue weighted by Crippen LogP contribution is 2.35. The maximum Gasteiger partial charge on any atom is 0.303 e. The second-order valence-electron chi connectivity index (χ2n) is 11.0. The van der Waals surface area contributed by atoms with Gasteiger partial charge in [-0.2, -0.15) is 0 Å². The Morgan fingerprint density at radius 2 is 1.88 bits per heavy atom. The van der Waals surface area contributed by atoms with Gasteiger partial charge in [0.05, 0.1) is 22.4 Å². The van der Waals surface area contributed by atoms with Gasteiger partial charge in [-0.15, -0.1) is 0 Å². The largest absolute Gasteiger partial charge is 0.481 e. The Kier molecular flexibility index (Phi) is 9.62. The van der Waals surface area contributed by atoms with Gasteiger partial charge in [-0.25, -0.2) is 9.97 Å². The van der Waals surface area contributed by atoms with Crippen molar-refractivity contribution >= 4 is 34.8 Å². The van der Waals surface area contributed by atoms with Crippen LogP contribution in [0.15, 0.2) is 77.8 Å². The van der Waals surface area contributed by atoms with Crippen LogP contribution < -0.4 is 0 Å². The number of rotatable bonds is 12. The summed E-state index contributed by atoms with van der Waals surface area (Å²) in [4.78, 5) is 27.9. The van der Waals surface area contributed by atoms with Crippen molar-refractivity contribution in [3.05, 3.63) is 94.6 Å². The zero-order valence-electron chi connectivity index (χ0n) is 24.2. The number of aliphatic imine (C=N–C) groups is 1. The number of likely N-dealkylation sites (tertiary alicyclic amines) is 1. The minimum Gasteiger partial charge on any atom is -0.481 e. The lowest BCUT2D eigenvalue weighted by Crippen LogP contribution is -2.40. The SMILES string of the molecule is CN=CC1(c2ccccc2)CCN(C(Cc2ccc3nc(-c4ccc(Cl)cc4)c(CCCCC(=O)O)nc3c2)OC)C1. The van der Waals surface area contributed by atoms with Crippen molar-refractivity contribution in [2.24, 2.45) is 4.99 Å². The number of methoxy groups -OCH3 is 1. The van der Waals surface area contributed by atoms with Gasteiger partial charge < -0.3 is 9.84 Å². The van der Waals surface area contributed by atoms with Crippen molar-refractivity contribution < 1.29 is 14.6 Å². The number of hydrogen-bond donors (Lipinski definition) is 1. The van der Waals surface area contributed by atoms with Crippen molar-refractivity contribution in [2.45, 2.75) is 50.2 Å². The van der Waals surface area contributed by atoms with E-state index in [2.05, 4.69) is 52.5 Å². The van der Waals surface area contributed by atoms with Crippen molar-refractivity contribution in [3.8, 4) is 11.3 Å². The predicted molar refractivity (Wildman–Crippen MR) is 168 cm³/mol. The lowest BCUT2D eigenvalue weighted by atomic mass is 9.81. The molecule has 1 fully saturated rings. The molecule has 1 saturated heterocycles. The standard InChI is InChI=1S/C34H37ClN4O3/c1-36-22-34(26-8-4-3-5-9-26)18-19-39(23-34)31(42-2)21-24-12-17-28-30(20-24)37-29(10-6-7-11-32(40)41)33(38-28)25-13-15-27(35)16-14-25/h3-5,8-9,12-17,20,22,31H,6-7,10-11,18-19,21,23H2,1-2H3,(H,40,41). The van der Waals surface area contributed by atoms with Crippen molar-refractivity contribution in [1.82, 2.24) is 14.9 Å². The van der Waals surface area contributed by atoms with Crippen LogP contribution in [0.4, 0.5) is 0 Å². The Hall–Kier alpha value is -3.65. The van der Waals surface area contributed by atoms with E-state index in [0.717, 1.165) is 65.9 Å². The van der Waals surface area contributed by atoms with Crippen molar-refractivity contribution in [1.29, 1.82) is 0 Å². The van der Waals surface area contributed by atoms with E-state index in [0.29, 0.717) is 17.9 Å². The van der Waals surface area contributed by atoms with E-state index >= 15 is 0 Å². The average Bonchev–Trinajstić information content (AvgIpc) is 3.43. The lowest BCUT2D eigenvalue weighted by molar-refractivity contribution is -0.137. The van der Waals surface area contributed by atoms with Crippen LogP contribution in [0.1, 0.15) is 42.5 Å². The summed E-state index contributed by atoms with van der Waals surface area (Å²) in [5, 5.41) is 9.73. The third kappa shape index (κ3) is 6.86. The van der Waals surface area contributed by atoms with Crippen LogP contribution in [-0.4, -0.2) is 65.6 Å². The highest BCUT2D eigenvalue weighted by atomic mass is 35.5. The fourth-order valence-electron chi connectivity index (χ4n) is 5.95. The molecule has 218 valence electrons. The Bertz CT molecular complexity index is 1540. The normalized spacial score (nSPS) is 18.2. The first-order valence-electron chi connectivity index (χ1n) is 14.4. The number of carboxylic acids is 1. The molecule has 1 N–H and O–H groups in total. The number of unbranched alkanes of at least 4 members (excludes halogenated alkanes) is 1. The molecular formula is C34H37ClN4O3. The summed E-state index contributed by atoms with van der Waals surface area (Å²) in [6.45, 7) is 1.75. The number of carbonyl (C=O) groups is 1. The summed E-state index contributed by atoms with van der Waals surface area (Å²) in [5.41, 5.74) is 6.53. The number of nitrogens with zero attached hydrogens (tertiary/aromatic N) is 4. The van der Waals surface area contributed by atoms with Crippen LogP contribution in [0.3, 0.4) is 0 Å². The molecule has 0 amide bonds. The molecule has 1 aliphatic heterocycles. The fourth-order valence-corrected chi connectivity index (χ4v) is 6.08. The van der Waals surface area contributed by atoms with Crippen LogP contribution in [-0.2, 0) is 27.8 Å². The molecule has 0 aliphatic carbocycles. The van der Waals surface area contributed by atoms with Gasteiger partial charge in [0.1, 0.15) is 6.23 Å². The van der Waals surface area contributed by atoms with Gasteiger partial charge >= 0.3 is 5.97 Å². The Balaban J connectivity index is 1.39. The molecular weight excluding hydrogens is 548 g/mol.